The van der Waals surface area contributed by atoms with Crippen LogP contribution in [-0.4, -0.2) is 37.8 Å². The van der Waals surface area contributed by atoms with Crippen LogP contribution in [0.5, 0.6) is 0 Å². The molecule has 130 valence electrons. The Kier molecular flexibility index (Phi) is 4.60. The number of rotatable bonds is 3. The van der Waals surface area contributed by atoms with E-state index in [9.17, 15) is 18.0 Å². The number of sulfonamides is 1. The van der Waals surface area contributed by atoms with Crippen LogP contribution in [-0.2, 0) is 14.8 Å². The zero-order valence-electron chi connectivity index (χ0n) is 13.5. The minimum atomic E-state index is -3.84. The first kappa shape index (κ1) is 16.9. The van der Waals surface area contributed by atoms with Gasteiger partial charge in [-0.25, -0.2) is 8.42 Å². The van der Waals surface area contributed by atoms with Crippen molar-refractivity contribution < 1.29 is 18.0 Å². The number of hydrogen-bond acceptors (Lipinski definition) is 4. The largest absolute Gasteiger partial charge is 0.352 e. The fourth-order valence-corrected chi connectivity index (χ4v) is 4.53. The molecule has 1 fully saturated rings. The highest BCUT2D eigenvalue weighted by molar-refractivity contribution is 7.89. The quantitative estimate of drug-likeness (QED) is 0.850. The Hall–Kier alpha value is -1.93. The van der Waals surface area contributed by atoms with Crippen molar-refractivity contribution >= 4 is 21.8 Å². The van der Waals surface area contributed by atoms with Crippen LogP contribution in [0.2, 0.25) is 0 Å². The molecule has 0 radical (unpaired) electrons. The molecule has 2 aliphatic rings. The predicted octanol–water partition coefficient (Wildman–Crippen LogP) is 1.03. The summed E-state index contributed by atoms with van der Waals surface area (Å²) in [4.78, 5) is 26.8. The van der Waals surface area contributed by atoms with Crippen LogP contribution in [0, 0.1) is 5.92 Å². The van der Waals surface area contributed by atoms with Crippen molar-refractivity contribution in [3.63, 3.8) is 0 Å². The number of hydrogen-bond donors (Lipinski definition) is 2. The van der Waals surface area contributed by atoms with Crippen LogP contribution in [0.1, 0.15) is 43.0 Å². The lowest BCUT2D eigenvalue weighted by atomic mass is 9.86. The number of hydrazine groups is 1. The highest BCUT2D eigenvalue weighted by atomic mass is 32.2. The summed E-state index contributed by atoms with van der Waals surface area (Å²) < 4.78 is 24.4. The van der Waals surface area contributed by atoms with Gasteiger partial charge in [0.15, 0.2) is 0 Å². The molecule has 2 atom stereocenters. The molecule has 2 N–H and O–H groups in total. The minimum absolute atomic E-state index is 0.0624. The summed E-state index contributed by atoms with van der Waals surface area (Å²) in [6.07, 6.45) is 4.20. The summed E-state index contributed by atoms with van der Waals surface area (Å²) in [7, 11) is -3.84. The Balaban J connectivity index is 1.72. The number of benzene rings is 1. The van der Waals surface area contributed by atoms with Gasteiger partial charge < -0.3 is 5.32 Å². The standard InChI is InChI=1S/C16H21N3O4S/c1-11-6-2-4-8-13(11)17-15(20)10-19-16(21)12-7-3-5-9-14(12)24(22,23)18-19/h3,5,7,9,11,13,18H,2,4,6,8,10H2,1H3,(H,17,20). The zero-order valence-corrected chi connectivity index (χ0v) is 14.3. The van der Waals surface area contributed by atoms with E-state index in [2.05, 4.69) is 17.1 Å². The van der Waals surface area contributed by atoms with Crippen LogP contribution < -0.4 is 10.1 Å². The van der Waals surface area contributed by atoms with E-state index in [-0.39, 0.29) is 29.0 Å². The van der Waals surface area contributed by atoms with Crippen molar-refractivity contribution in [2.75, 3.05) is 6.54 Å². The first-order chi connectivity index (χ1) is 11.4. The third-order valence-corrected chi connectivity index (χ3v) is 6.04. The molecule has 2 unspecified atom stereocenters. The van der Waals surface area contributed by atoms with Crippen molar-refractivity contribution in [3.05, 3.63) is 29.8 Å². The first-order valence-corrected chi connectivity index (χ1v) is 9.59. The predicted molar refractivity (Wildman–Crippen MR) is 87.4 cm³/mol. The van der Waals surface area contributed by atoms with Gasteiger partial charge >= 0.3 is 0 Å². The van der Waals surface area contributed by atoms with Crippen LogP contribution in [0.25, 0.3) is 0 Å². The molecule has 1 aromatic rings. The molecular weight excluding hydrogens is 330 g/mol. The van der Waals surface area contributed by atoms with Gasteiger partial charge in [0.1, 0.15) is 6.54 Å². The average molecular weight is 351 g/mol. The number of fused-ring (bicyclic) bond motifs is 1. The SMILES string of the molecule is CC1CCCCC1NC(=O)CN1NS(=O)(=O)c2ccccc2C1=O. The number of nitrogens with zero attached hydrogens (tertiary/aromatic N) is 1. The molecule has 7 nitrogen and oxygen atoms in total. The Morgan fingerprint density at radius 1 is 1.29 bits per heavy atom. The second-order valence-electron chi connectivity index (χ2n) is 6.42. The lowest BCUT2D eigenvalue weighted by molar-refractivity contribution is -0.123. The van der Waals surface area contributed by atoms with Gasteiger partial charge in [-0.15, -0.1) is 4.83 Å². The normalized spacial score (nSPS) is 25.9. The number of carbonyl (C=O) groups excluding carboxylic acids is 2. The monoisotopic (exact) mass is 351 g/mol. The van der Waals surface area contributed by atoms with Crippen LogP contribution in [0.4, 0.5) is 0 Å². The molecule has 1 aliphatic carbocycles. The second kappa shape index (κ2) is 6.52. The maximum absolute atomic E-state index is 12.4. The Bertz CT molecular complexity index is 762. The Morgan fingerprint density at radius 2 is 2.00 bits per heavy atom. The molecule has 1 aliphatic heterocycles. The second-order valence-corrected chi connectivity index (χ2v) is 8.05. The van der Waals surface area contributed by atoms with E-state index in [1.54, 1.807) is 12.1 Å². The first-order valence-electron chi connectivity index (χ1n) is 8.11. The van der Waals surface area contributed by atoms with Crippen LogP contribution >= 0.6 is 0 Å². The summed E-state index contributed by atoms with van der Waals surface area (Å²) in [6, 6.07) is 6.05. The van der Waals surface area contributed by atoms with Crippen molar-refractivity contribution in [1.29, 1.82) is 0 Å². The maximum atomic E-state index is 12.4. The smallest absolute Gasteiger partial charge is 0.270 e. The fourth-order valence-electron chi connectivity index (χ4n) is 3.29. The average Bonchev–Trinajstić information content (AvgIpc) is 2.54. The summed E-state index contributed by atoms with van der Waals surface area (Å²) >= 11 is 0. The molecule has 0 saturated heterocycles. The molecule has 2 amide bonds. The van der Waals surface area contributed by atoms with Gasteiger partial charge in [-0.3, -0.25) is 14.6 Å². The molecule has 1 saturated carbocycles. The number of amides is 2. The van der Waals surface area contributed by atoms with Gasteiger partial charge in [-0.2, -0.15) is 0 Å². The maximum Gasteiger partial charge on any atom is 0.270 e. The molecule has 0 aromatic heterocycles. The molecule has 0 spiro atoms. The Labute approximate surface area is 141 Å². The van der Waals surface area contributed by atoms with E-state index >= 15 is 0 Å². The topological polar surface area (TPSA) is 95.6 Å². The van der Waals surface area contributed by atoms with Gasteiger partial charge in [-0.05, 0) is 30.9 Å². The van der Waals surface area contributed by atoms with Crippen LogP contribution in [0.3, 0.4) is 0 Å². The van der Waals surface area contributed by atoms with Gasteiger partial charge in [0.25, 0.3) is 15.9 Å². The van der Waals surface area contributed by atoms with E-state index in [1.807, 2.05) is 0 Å². The van der Waals surface area contributed by atoms with Gasteiger partial charge in [0.05, 0.1) is 10.5 Å². The van der Waals surface area contributed by atoms with Crippen LogP contribution in [0.15, 0.2) is 29.2 Å². The van der Waals surface area contributed by atoms with Gasteiger partial charge in [-0.1, -0.05) is 31.9 Å². The van der Waals surface area contributed by atoms with Crippen molar-refractivity contribution in [2.24, 2.45) is 5.92 Å². The minimum Gasteiger partial charge on any atom is -0.352 e. The highest BCUT2D eigenvalue weighted by Gasteiger charge is 2.35. The molecule has 3 rings (SSSR count). The van der Waals surface area contributed by atoms with Crippen molar-refractivity contribution in [1.82, 2.24) is 15.2 Å². The van der Waals surface area contributed by atoms with E-state index in [0.717, 1.165) is 30.7 Å². The van der Waals surface area contributed by atoms with Gasteiger partial charge in [0, 0.05) is 6.04 Å². The highest BCUT2D eigenvalue weighted by Crippen LogP contribution is 2.24. The summed E-state index contributed by atoms with van der Waals surface area (Å²) in [5.74, 6) is -0.492. The van der Waals surface area contributed by atoms with E-state index in [0.29, 0.717) is 5.92 Å². The van der Waals surface area contributed by atoms with Crippen molar-refractivity contribution in [2.45, 2.75) is 43.5 Å². The summed E-state index contributed by atoms with van der Waals surface area (Å²) in [5.41, 5.74) is 0.0788. The zero-order chi connectivity index (χ0) is 17.3. The third kappa shape index (κ3) is 3.29. The lowest BCUT2D eigenvalue weighted by Crippen LogP contribution is -2.55. The molecule has 1 aromatic carbocycles. The van der Waals surface area contributed by atoms with E-state index < -0.39 is 15.9 Å². The third-order valence-electron chi connectivity index (χ3n) is 4.64. The van der Waals surface area contributed by atoms with Crippen molar-refractivity contribution in [3.8, 4) is 0 Å². The lowest BCUT2D eigenvalue weighted by Gasteiger charge is -2.32. The molecule has 0 bridgehead atoms. The summed E-state index contributed by atoms with van der Waals surface area (Å²) in [5, 5.41) is 3.78. The number of nitrogens with one attached hydrogen (secondary N) is 2. The van der Waals surface area contributed by atoms with Gasteiger partial charge in [0.2, 0.25) is 5.91 Å². The molecule has 24 heavy (non-hydrogen) atoms. The van der Waals surface area contributed by atoms with E-state index in [1.165, 1.54) is 12.1 Å². The number of carbonyl (C=O) groups is 2. The Morgan fingerprint density at radius 3 is 2.75 bits per heavy atom. The molecular formula is C16H21N3O4S. The van der Waals surface area contributed by atoms with E-state index in [4.69, 9.17) is 0 Å². The summed E-state index contributed by atoms with van der Waals surface area (Å²) in [6.45, 7) is 1.75. The molecule has 1 heterocycles. The molecule has 8 heteroatoms. The fraction of sp³-hybridized carbons (Fsp3) is 0.500.